The van der Waals surface area contributed by atoms with Crippen molar-refractivity contribution >= 4 is 0 Å². The molecule has 1 heterocycles. The lowest BCUT2D eigenvalue weighted by molar-refractivity contribution is 0.0938. The number of likely N-dealkylation sites (tertiary alicyclic amines) is 1. The second kappa shape index (κ2) is 5.50. The fourth-order valence-corrected chi connectivity index (χ4v) is 3.34. The minimum absolute atomic E-state index is 0.494. The number of hydrogen-bond donors (Lipinski definition) is 1. The highest BCUT2D eigenvalue weighted by Crippen LogP contribution is 2.28. The first-order valence-electron chi connectivity index (χ1n) is 7.14. The van der Waals surface area contributed by atoms with Crippen molar-refractivity contribution in [1.29, 1.82) is 0 Å². The van der Waals surface area contributed by atoms with Gasteiger partial charge in [-0.25, -0.2) is 0 Å². The van der Waals surface area contributed by atoms with Crippen molar-refractivity contribution < 1.29 is 0 Å². The van der Waals surface area contributed by atoms with E-state index >= 15 is 0 Å². The molecule has 0 aromatic rings. The quantitative estimate of drug-likeness (QED) is 0.781. The van der Waals surface area contributed by atoms with Crippen LogP contribution in [0.1, 0.15) is 52.4 Å². The monoisotopic (exact) mass is 224 g/mol. The largest absolute Gasteiger partial charge is 0.328 e. The fraction of sp³-hybridized carbons (Fsp3) is 1.00. The van der Waals surface area contributed by atoms with Crippen LogP contribution in [-0.2, 0) is 0 Å². The first-order valence-corrected chi connectivity index (χ1v) is 7.14. The Hall–Kier alpha value is -0.0800. The Balaban J connectivity index is 1.79. The predicted octanol–water partition coefficient (Wildman–Crippen LogP) is 2.62. The Kier molecular flexibility index (Phi) is 4.26. The van der Waals surface area contributed by atoms with Crippen LogP contribution in [0.4, 0.5) is 0 Å². The summed E-state index contributed by atoms with van der Waals surface area (Å²) in [5.74, 6) is 1.83. The summed E-state index contributed by atoms with van der Waals surface area (Å²) in [6.45, 7) is 7.46. The molecule has 0 radical (unpaired) electrons. The van der Waals surface area contributed by atoms with Crippen molar-refractivity contribution in [2.45, 2.75) is 64.5 Å². The van der Waals surface area contributed by atoms with Crippen LogP contribution in [0.3, 0.4) is 0 Å². The average molecular weight is 224 g/mol. The van der Waals surface area contributed by atoms with Gasteiger partial charge in [0.15, 0.2) is 0 Å². The molecule has 0 spiro atoms. The highest BCUT2D eigenvalue weighted by atomic mass is 15.2. The van der Waals surface area contributed by atoms with Gasteiger partial charge < -0.3 is 10.6 Å². The topological polar surface area (TPSA) is 29.3 Å². The van der Waals surface area contributed by atoms with Gasteiger partial charge in [-0.15, -0.1) is 0 Å². The van der Waals surface area contributed by atoms with Crippen LogP contribution < -0.4 is 5.73 Å². The molecule has 0 amide bonds. The van der Waals surface area contributed by atoms with Gasteiger partial charge in [-0.2, -0.15) is 0 Å². The molecule has 94 valence electrons. The summed E-state index contributed by atoms with van der Waals surface area (Å²) in [6.07, 6.45) is 8.04. The van der Waals surface area contributed by atoms with E-state index in [-0.39, 0.29) is 0 Å². The molecule has 2 heteroatoms. The molecule has 0 bridgehead atoms. The molecule has 1 aliphatic heterocycles. The number of hydrogen-bond acceptors (Lipinski definition) is 2. The van der Waals surface area contributed by atoms with Crippen LogP contribution in [-0.4, -0.2) is 30.1 Å². The molecule has 2 unspecified atom stereocenters. The summed E-state index contributed by atoms with van der Waals surface area (Å²) in [6, 6.07) is 1.31. The molecule has 2 atom stereocenters. The van der Waals surface area contributed by atoms with Gasteiger partial charge in [-0.1, -0.05) is 6.92 Å². The zero-order valence-electron chi connectivity index (χ0n) is 11.0. The van der Waals surface area contributed by atoms with Gasteiger partial charge in [0.1, 0.15) is 0 Å². The van der Waals surface area contributed by atoms with Crippen LogP contribution in [0, 0.1) is 11.8 Å². The average Bonchev–Trinajstić information content (AvgIpc) is 2.27. The Morgan fingerprint density at radius 2 is 1.69 bits per heavy atom. The van der Waals surface area contributed by atoms with Crippen molar-refractivity contribution in [3.63, 3.8) is 0 Å². The third-order valence-corrected chi connectivity index (χ3v) is 4.63. The smallest absolute Gasteiger partial charge is 0.00672 e. The van der Waals surface area contributed by atoms with E-state index in [0.717, 1.165) is 17.9 Å². The zero-order chi connectivity index (χ0) is 11.5. The van der Waals surface area contributed by atoms with Gasteiger partial charge in [-0.05, 0) is 57.3 Å². The number of piperidine rings is 1. The lowest BCUT2D eigenvalue weighted by Gasteiger charge is -2.40. The normalized spacial score (nSPS) is 42.2. The van der Waals surface area contributed by atoms with Gasteiger partial charge >= 0.3 is 0 Å². The van der Waals surface area contributed by atoms with E-state index in [1.165, 1.54) is 51.6 Å². The van der Waals surface area contributed by atoms with Gasteiger partial charge in [0.2, 0.25) is 0 Å². The van der Waals surface area contributed by atoms with E-state index in [4.69, 9.17) is 5.73 Å². The van der Waals surface area contributed by atoms with E-state index in [1.807, 2.05) is 0 Å². The molecular weight excluding hydrogens is 196 g/mol. The molecule has 2 nitrogen and oxygen atoms in total. The van der Waals surface area contributed by atoms with Crippen molar-refractivity contribution in [2.24, 2.45) is 17.6 Å². The maximum Gasteiger partial charge on any atom is 0.00672 e. The molecule has 16 heavy (non-hydrogen) atoms. The summed E-state index contributed by atoms with van der Waals surface area (Å²) in [5.41, 5.74) is 5.97. The van der Waals surface area contributed by atoms with Crippen LogP contribution in [0.15, 0.2) is 0 Å². The van der Waals surface area contributed by atoms with E-state index in [2.05, 4.69) is 18.7 Å². The molecule has 0 aromatic heterocycles. The number of nitrogens with two attached hydrogens (primary N) is 1. The van der Waals surface area contributed by atoms with Gasteiger partial charge in [0.05, 0.1) is 0 Å². The zero-order valence-corrected chi connectivity index (χ0v) is 11.0. The molecule has 2 N–H and O–H groups in total. The summed E-state index contributed by atoms with van der Waals surface area (Å²) in [7, 11) is 0. The molecule has 2 rings (SSSR count). The first kappa shape index (κ1) is 12.4. The lowest BCUT2D eigenvalue weighted by atomic mass is 9.85. The molecule has 1 saturated carbocycles. The molecule has 0 aromatic carbocycles. The predicted molar refractivity (Wildman–Crippen MR) is 69.4 cm³/mol. The van der Waals surface area contributed by atoms with Crippen LogP contribution >= 0.6 is 0 Å². The standard InChI is InChI=1S/C14H28N2/c1-11-3-4-12(2)16(9-11)10-13-5-7-14(15)8-6-13/h11-14H,3-10,15H2,1-2H3. The highest BCUT2D eigenvalue weighted by Gasteiger charge is 2.26. The van der Waals surface area contributed by atoms with E-state index in [1.54, 1.807) is 0 Å². The summed E-state index contributed by atoms with van der Waals surface area (Å²) < 4.78 is 0. The molecule has 1 aliphatic carbocycles. The Morgan fingerprint density at radius 3 is 2.38 bits per heavy atom. The third kappa shape index (κ3) is 3.21. The summed E-state index contributed by atoms with van der Waals surface area (Å²) in [4.78, 5) is 2.73. The highest BCUT2D eigenvalue weighted by molar-refractivity contribution is 4.82. The lowest BCUT2D eigenvalue weighted by Crippen LogP contribution is -2.44. The molecule has 2 aliphatic rings. The molecule has 2 fully saturated rings. The van der Waals surface area contributed by atoms with E-state index in [9.17, 15) is 0 Å². The van der Waals surface area contributed by atoms with Crippen LogP contribution in [0.2, 0.25) is 0 Å². The van der Waals surface area contributed by atoms with Crippen molar-refractivity contribution in [3.8, 4) is 0 Å². The van der Waals surface area contributed by atoms with Crippen LogP contribution in [0.25, 0.3) is 0 Å². The van der Waals surface area contributed by atoms with Gasteiger partial charge in [0, 0.05) is 25.2 Å². The SMILES string of the molecule is CC1CCC(C)N(CC2CCC(N)CC2)C1. The second-order valence-electron chi connectivity index (χ2n) is 6.27. The third-order valence-electron chi connectivity index (χ3n) is 4.63. The van der Waals surface area contributed by atoms with E-state index < -0.39 is 0 Å². The van der Waals surface area contributed by atoms with Gasteiger partial charge in [-0.3, -0.25) is 0 Å². The minimum Gasteiger partial charge on any atom is -0.328 e. The van der Waals surface area contributed by atoms with E-state index in [0.29, 0.717) is 6.04 Å². The van der Waals surface area contributed by atoms with Gasteiger partial charge in [0.25, 0.3) is 0 Å². The molecular formula is C14H28N2. The van der Waals surface area contributed by atoms with Crippen LogP contribution in [0.5, 0.6) is 0 Å². The Bertz CT molecular complexity index is 209. The number of rotatable bonds is 2. The minimum atomic E-state index is 0.494. The summed E-state index contributed by atoms with van der Waals surface area (Å²) in [5, 5.41) is 0. The van der Waals surface area contributed by atoms with Crippen molar-refractivity contribution in [1.82, 2.24) is 4.90 Å². The Morgan fingerprint density at radius 1 is 1.00 bits per heavy atom. The van der Waals surface area contributed by atoms with Crippen molar-refractivity contribution in [2.75, 3.05) is 13.1 Å². The second-order valence-corrected chi connectivity index (χ2v) is 6.27. The maximum atomic E-state index is 5.97. The Labute approximate surface area is 101 Å². The fourth-order valence-electron chi connectivity index (χ4n) is 3.34. The molecule has 1 saturated heterocycles. The first-order chi connectivity index (χ1) is 7.65. The van der Waals surface area contributed by atoms with Crippen molar-refractivity contribution in [3.05, 3.63) is 0 Å². The number of nitrogens with zero attached hydrogens (tertiary/aromatic N) is 1. The summed E-state index contributed by atoms with van der Waals surface area (Å²) >= 11 is 0. The maximum absolute atomic E-state index is 5.97.